The standard InChI is InChI=1S/C24H21N5O5/c30-22(16-29-20-9-2-1-8-19(20)26-27-29)28(15-18-7-4-12-33-18)23(21-10-5-13-34-21)24(31)25-14-17-6-3-11-32-17/h1-13,23H,14-16H2,(H,25,31)/t23-/m0/s1. The maximum atomic E-state index is 13.6. The summed E-state index contributed by atoms with van der Waals surface area (Å²) in [6.45, 7) is 0.0986. The third-order valence-electron chi connectivity index (χ3n) is 5.32. The molecule has 4 aromatic heterocycles. The number of aromatic nitrogens is 3. The summed E-state index contributed by atoms with van der Waals surface area (Å²) < 4.78 is 17.9. The van der Waals surface area contributed by atoms with Crippen LogP contribution < -0.4 is 5.32 Å². The van der Waals surface area contributed by atoms with E-state index in [1.807, 2.05) is 24.3 Å². The van der Waals surface area contributed by atoms with E-state index >= 15 is 0 Å². The monoisotopic (exact) mass is 459 g/mol. The summed E-state index contributed by atoms with van der Waals surface area (Å²) in [6, 6.07) is 16.6. The highest BCUT2D eigenvalue weighted by atomic mass is 16.3. The Morgan fingerprint density at radius 3 is 2.38 bits per heavy atom. The smallest absolute Gasteiger partial charge is 0.251 e. The predicted octanol–water partition coefficient (Wildman–Crippen LogP) is 3.30. The molecule has 0 spiro atoms. The summed E-state index contributed by atoms with van der Waals surface area (Å²) in [7, 11) is 0. The summed E-state index contributed by atoms with van der Waals surface area (Å²) in [4.78, 5) is 28.4. The quantitative estimate of drug-likeness (QED) is 0.359. The van der Waals surface area contributed by atoms with Crippen molar-refractivity contribution in [1.29, 1.82) is 0 Å². The van der Waals surface area contributed by atoms with Gasteiger partial charge < -0.3 is 23.5 Å². The van der Waals surface area contributed by atoms with E-state index in [1.165, 1.54) is 28.4 Å². The maximum absolute atomic E-state index is 13.6. The molecule has 172 valence electrons. The third kappa shape index (κ3) is 4.46. The Hall–Kier alpha value is -4.60. The number of nitrogens with one attached hydrogen (secondary N) is 1. The number of carbonyl (C=O) groups excluding carboxylic acids is 2. The molecule has 34 heavy (non-hydrogen) atoms. The van der Waals surface area contributed by atoms with Gasteiger partial charge in [-0.05, 0) is 48.5 Å². The largest absolute Gasteiger partial charge is 0.467 e. The van der Waals surface area contributed by atoms with E-state index in [9.17, 15) is 9.59 Å². The van der Waals surface area contributed by atoms with Gasteiger partial charge in [0.25, 0.3) is 5.91 Å². The van der Waals surface area contributed by atoms with Crippen molar-refractivity contribution in [2.75, 3.05) is 0 Å². The lowest BCUT2D eigenvalue weighted by atomic mass is 10.1. The van der Waals surface area contributed by atoms with Gasteiger partial charge in [-0.25, -0.2) is 4.68 Å². The fourth-order valence-electron chi connectivity index (χ4n) is 3.70. The molecule has 10 heteroatoms. The van der Waals surface area contributed by atoms with Crippen LogP contribution in [0.1, 0.15) is 23.3 Å². The molecule has 0 unspecified atom stereocenters. The Kier molecular flexibility index (Phi) is 5.93. The topological polar surface area (TPSA) is 120 Å². The summed E-state index contributed by atoms with van der Waals surface area (Å²) >= 11 is 0. The minimum atomic E-state index is -1.04. The van der Waals surface area contributed by atoms with E-state index < -0.39 is 11.9 Å². The van der Waals surface area contributed by atoms with Crippen molar-refractivity contribution in [2.45, 2.75) is 25.7 Å². The second-order valence-corrected chi connectivity index (χ2v) is 7.55. The van der Waals surface area contributed by atoms with E-state index in [2.05, 4.69) is 15.6 Å². The zero-order valence-corrected chi connectivity index (χ0v) is 18.0. The zero-order chi connectivity index (χ0) is 23.3. The van der Waals surface area contributed by atoms with Gasteiger partial charge in [0.15, 0.2) is 6.04 Å². The highest BCUT2D eigenvalue weighted by Crippen LogP contribution is 2.25. The van der Waals surface area contributed by atoms with Gasteiger partial charge in [0.05, 0.1) is 37.4 Å². The van der Waals surface area contributed by atoms with Crippen molar-refractivity contribution in [1.82, 2.24) is 25.2 Å². The molecule has 4 heterocycles. The van der Waals surface area contributed by atoms with Crippen molar-refractivity contribution < 1.29 is 22.8 Å². The molecular formula is C24H21N5O5. The van der Waals surface area contributed by atoms with Crippen molar-refractivity contribution >= 4 is 22.8 Å². The fraction of sp³-hybridized carbons (Fsp3) is 0.167. The molecule has 0 bridgehead atoms. The molecule has 0 saturated carbocycles. The second kappa shape index (κ2) is 9.49. The van der Waals surface area contributed by atoms with Crippen LogP contribution in [0, 0.1) is 0 Å². The van der Waals surface area contributed by atoms with Crippen LogP contribution in [0.4, 0.5) is 0 Å². The van der Waals surface area contributed by atoms with Crippen LogP contribution in [0.3, 0.4) is 0 Å². The van der Waals surface area contributed by atoms with Crippen LogP contribution in [-0.2, 0) is 29.2 Å². The number of furan rings is 3. The van der Waals surface area contributed by atoms with Crippen LogP contribution >= 0.6 is 0 Å². The first-order valence-corrected chi connectivity index (χ1v) is 10.6. The number of benzene rings is 1. The Morgan fingerprint density at radius 2 is 1.65 bits per heavy atom. The molecule has 2 amide bonds. The van der Waals surface area contributed by atoms with Crippen LogP contribution in [-0.4, -0.2) is 31.7 Å². The van der Waals surface area contributed by atoms with E-state index in [0.717, 1.165) is 0 Å². The van der Waals surface area contributed by atoms with Crippen LogP contribution in [0.5, 0.6) is 0 Å². The first kappa shape index (κ1) is 21.3. The molecule has 0 radical (unpaired) electrons. The lowest BCUT2D eigenvalue weighted by Crippen LogP contribution is -2.44. The molecule has 0 fully saturated rings. The minimum Gasteiger partial charge on any atom is -0.467 e. The molecule has 10 nitrogen and oxygen atoms in total. The fourth-order valence-corrected chi connectivity index (χ4v) is 3.70. The predicted molar refractivity (Wildman–Crippen MR) is 119 cm³/mol. The molecule has 0 aliphatic carbocycles. The van der Waals surface area contributed by atoms with E-state index in [1.54, 1.807) is 36.4 Å². The van der Waals surface area contributed by atoms with Gasteiger partial charge in [-0.2, -0.15) is 0 Å². The van der Waals surface area contributed by atoms with Crippen LogP contribution in [0.2, 0.25) is 0 Å². The number of rotatable bonds is 9. The first-order chi connectivity index (χ1) is 16.7. The van der Waals surface area contributed by atoms with Crippen LogP contribution in [0.25, 0.3) is 11.0 Å². The van der Waals surface area contributed by atoms with Gasteiger partial charge in [0, 0.05) is 0 Å². The number of hydrogen-bond acceptors (Lipinski definition) is 7. The van der Waals surface area contributed by atoms with Gasteiger partial charge in [-0.3, -0.25) is 9.59 Å². The third-order valence-corrected chi connectivity index (χ3v) is 5.32. The Morgan fingerprint density at radius 1 is 0.912 bits per heavy atom. The van der Waals surface area contributed by atoms with Crippen molar-refractivity contribution in [3.8, 4) is 0 Å². The average molecular weight is 459 g/mol. The van der Waals surface area contributed by atoms with Gasteiger partial charge in [0.2, 0.25) is 5.91 Å². The Labute approximate surface area is 193 Å². The van der Waals surface area contributed by atoms with Gasteiger partial charge in [0.1, 0.15) is 29.3 Å². The van der Waals surface area contributed by atoms with Crippen molar-refractivity contribution in [3.05, 3.63) is 96.7 Å². The number of nitrogens with zero attached hydrogens (tertiary/aromatic N) is 4. The number of hydrogen-bond donors (Lipinski definition) is 1. The number of amides is 2. The molecule has 1 aromatic carbocycles. The van der Waals surface area contributed by atoms with Crippen molar-refractivity contribution in [2.24, 2.45) is 0 Å². The number of para-hydroxylation sites is 1. The average Bonchev–Trinajstić information content (AvgIpc) is 3.66. The summed E-state index contributed by atoms with van der Waals surface area (Å²) in [5.41, 5.74) is 1.39. The first-order valence-electron chi connectivity index (χ1n) is 10.6. The molecule has 5 rings (SSSR count). The lowest BCUT2D eigenvalue weighted by Gasteiger charge is -2.29. The highest BCUT2D eigenvalue weighted by Gasteiger charge is 2.34. The van der Waals surface area contributed by atoms with E-state index in [4.69, 9.17) is 13.3 Å². The molecule has 0 saturated heterocycles. The Bertz CT molecular complexity index is 1360. The maximum Gasteiger partial charge on any atom is 0.251 e. The van der Waals surface area contributed by atoms with E-state index in [0.29, 0.717) is 28.3 Å². The van der Waals surface area contributed by atoms with Crippen LogP contribution in [0.15, 0.2) is 92.7 Å². The van der Waals surface area contributed by atoms with Gasteiger partial charge >= 0.3 is 0 Å². The van der Waals surface area contributed by atoms with Crippen molar-refractivity contribution in [3.63, 3.8) is 0 Å². The molecule has 1 N–H and O–H groups in total. The van der Waals surface area contributed by atoms with Gasteiger partial charge in [-0.1, -0.05) is 17.3 Å². The SMILES string of the molecule is O=C(NCc1ccco1)[C@H](c1ccco1)N(Cc1ccco1)C(=O)Cn1nnc2ccccc21. The minimum absolute atomic E-state index is 0.0536. The summed E-state index contributed by atoms with van der Waals surface area (Å²) in [5.74, 6) is 0.647. The van der Waals surface area contributed by atoms with Gasteiger partial charge in [-0.15, -0.1) is 5.10 Å². The zero-order valence-electron chi connectivity index (χ0n) is 18.0. The highest BCUT2D eigenvalue weighted by molar-refractivity contribution is 5.88. The molecule has 0 aliphatic rings. The number of fused-ring (bicyclic) bond motifs is 1. The lowest BCUT2D eigenvalue weighted by molar-refractivity contribution is -0.143. The summed E-state index contributed by atoms with van der Waals surface area (Å²) in [6.07, 6.45) is 4.51. The molecule has 5 aromatic rings. The number of carbonyl (C=O) groups is 2. The molecule has 1 atom stereocenters. The Balaban J connectivity index is 1.45. The normalized spacial score (nSPS) is 12.0. The second-order valence-electron chi connectivity index (χ2n) is 7.55. The summed E-state index contributed by atoms with van der Waals surface area (Å²) in [5, 5.41) is 11.0. The molecular weight excluding hydrogens is 438 g/mol. The molecule has 0 aliphatic heterocycles. The van der Waals surface area contributed by atoms with E-state index in [-0.39, 0.29) is 25.5 Å².